The first-order valence-electron chi connectivity index (χ1n) is 8.99. The van der Waals surface area contributed by atoms with E-state index < -0.39 is 0 Å². The van der Waals surface area contributed by atoms with Crippen molar-refractivity contribution >= 4 is 22.9 Å². The molecule has 0 aliphatic carbocycles. The Bertz CT molecular complexity index is 870. The Morgan fingerprint density at radius 3 is 2.77 bits per heavy atom. The summed E-state index contributed by atoms with van der Waals surface area (Å²) in [5.74, 6) is 1.37. The summed E-state index contributed by atoms with van der Waals surface area (Å²) in [5.41, 5.74) is 2.70. The highest BCUT2D eigenvalue weighted by Gasteiger charge is 2.23. The first-order valence-corrected chi connectivity index (χ1v) is 8.99. The maximum absolute atomic E-state index is 12.5. The van der Waals surface area contributed by atoms with Crippen LogP contribution in [0, 0.1) is 5.92 Å². The van der Waals surface area contributed by atoms with E-state index in [2.05, 4.69) is 49.5 Å². The van der Waals surface area contributed by atoms with Crippen LogP contribution in [0.1, 0.15) is 18.4 Å². The first kappa shape index (κ1) is 16.5. The van der Waals surface area contributed by atoms with E-state index in [9.17, 15) is 4.79 Å². The third-order valence-electron chi connectivity index (χ3n) is 4.96. The summed E-state index contributed by atoms with van der Waals surface area (Å²) in [6, 6.07) is 10.6. The van der Waals surface area contributed by atoms with Crippen LogP contribution in [0.2, 0.25) is 0 Å². The van der Waals surface area contributed by atoms with Crippen molar-refractivity contribution in [2.45, 2.75) is 19.3 Å². The monoisotopic (exact) mass is 350 g/mol. The molecule has 1 aliphatic rings. The van der Waals surface area contributed by atoms with Gasteiger partial charge >= 0.3 is 0 Å². The minimum absolute atomic E-state index is 0.106. The predicted octanol–water partition coefficient (Wildman–Crippen LogP) is 2.25. The summed E-state index contributed by atoms with van der Waals surface area (Å²) < 4.78 is 0. The van der Waals surface area contributed by atoms with Gasteiger partial charge in [-0.3, -0.25) is 4.79 Å². The Labute approximate surface area is 151 Å². The molecular formula is C19H22N6O. The van der Waals surface area contributed by atoms with Gasteiger partial charge in [0, 0.05) is 13.1 Å². The molecule has 7 heteroatoms. The van der Waals surface area contributed by atoms with Crippen molar-refractivity contribution in [3.05, 3.63) is 48.5 Å². The molecule has 1 aromatic carbocycles. The van der Waals surface area contributed by atoms with Gasteiger partial charge in [0.25, 0.3) is 0 Å². The van der Waals surface area contributed by atoms with Crippen LogP contribution in [-0.4, -0.2) is 50.4 Å². The van der Waals surface area contributed by atoms with E-state index in [1.807, 2.05) is 11.0 Å². The second-order valence-corrected chi connectivity index (χ2v) is 6.69. The Balaban J connectivity index is 1.28. The normalized spacial score (nSPS) is 15.3. The average molecular weight is 350 g/mol. The number of hydrogen-bond acceptors (Lipinski definition) is 5. The minimum atomic E-state index is 0.106. The number of nitrogens with one attached hydrogen (secondary N) is 2. The second kappa shape index (κ2) is 7.51. The maximum atomic E-state index is 12.5. The molecule has 26 heavy (non-hydrogen) atoms. The van der Waals surface area contributed by atoms with Gasteiger partial charge in [0.15, 0.2) is 11.5 Å². The summed E-state index contributed by atoms with van der Waals surface area (Å²) >= 11 is 0. The molecule has 3 heterocycles. The molecule has 0 saturated carbocycles. The fraction of sp³-hybridized carbons (Fsp3) is 0.368. The smallest absolute Gasteiger partial charge is 0.241 e. The molecule has 2 aromatic heterocycles. The molecule has 3 aromatic rings. The lowest BCUT2D eigenvalue weighted by Crippen LogP contribution is -2.41. The lowest BCUT2D eigenvalue weighted by atomic mass is 9.90. The number of aromatic nitrogens is 4. The van der Waals surface area contributed by atoms with Crippen molar-refractivity contribution in [3.8, 4) is 0 Å². The minimum Gasteiger partial charge on any atom is -0.359 e. The summed E-state index contributed by atoms with van der Waals surface area (Å²) in [6.45, 7) is 1.87. The van der Waals surface area contributed by atoms with Crippen molar-refractivity contribution in [2.24, 2.45) is 5.92 Å². The number of fused-ring (bicyclic) bond motifs is 1. The van der Waals surface area contributed by atoms with E-state index in [0.29, 0.717) is 17.4 Å². The summed E-state index contributed by atoms with van der Waals surface area (Å²) in [5, 5.41) is 3.11. The number of likely N-dealkylation sites (tertiary alicyclic amines) is 1. The molecule has 0 unspecified atom stereocenters. The number of amides is 1. The number of aromatic amines is 1. The van der Waals surface area contributed by atoms with Crippen LogP contribution in [0.3, 0.4) is 0 Å². The van der Waals surface area contributed by atoms with E-state index in [1.165, 1.54) is 11.9 Å². The van der Waals surface area contributed by atoms with E-state index in [-0.39, 0.29) is 12.5 Å². The molecule has 7 nitrogen and oxygen atoms in total. The summed E-state index contributed by atoms with van der Waals surface area (Å²) in [6.07, 6.45) is 6.23. The molecule has 0 spiro atoms. The molecule has 1 fully saturated rings. The molecule has 1 amide bonds. The zero-order chi connectivity index (χ0) is 17.8. The van der Waals surface area contributed by atoms with Gasteiger partial charge in [-0.2, -0.15) is 0 Å². The number of H-pyrrole nitrogens is 1. The van der Waals surface area contributed by atoms with Crippen molar-refractivity contribution < 1.29 is 4.79 Å². The zero-order valence-corrected chi connectivity index (χ0v) is 14.6. The van der Waals surface area contributed by atoms with Gasteiger partial charge in [-0.15, -0.1) is 0 Å². The molecule has 2 N–H and O–H groups in total. The molecule has 1 saturated heterocycles. The SMILES string of the molecule is O=C(CNc1ncnc2nc[nH]c12)N1CCC(Cc2ccccc2)CC1. The van der Waals surface area contributed by atoms with Gasteiger partial charge < -0.3 is 15.2 Å². The second-order valence-electron chi connectivity index (χ2n) is 6.69. The standard InChI is InChI=1S/C19H22N6O/c26-16(11-20-18-17-19(22-12-21-17)24-13-23-18)25-8-6-15(7-9-25)10-14-4-2-1-3-5-14/h1-5,12-13,15H,6-11H2,(H2,20,21,22,23,24). The number of benzene rings is 1. The van der Waals surface area contributed by atoms with E-state index in [1.54, 1.807) is 6.33 Å². The van der Waals surface area contributed by atoms with Crippen molar-refractivity contribution in [1.82, 2.24) is 24.8 Å². The van der Waals surface area contributed by atoms with Gasteiger partial charge in [-0.25, -0.2) is 15.0 Å². The number of imidazole rings is 1. The summed E-state index contributed by atoms with van der Waals surface area (Å²) in [4.78, 5) is 29.8. The van der Waals surface area contributed by atoms with Crippen LogP contribution in [0.4, 0.5) is 5.82 Å². The fourth-order valence-corrected chi connectivity index (χ4v) is 3.50. The number of rotatable bonds is 5. The highest BCUT2D eigenvalue weighted by molar-refractivity contribution is 5.86. The lowest BCUT2D eigenvalue weighted by molar-refractivity contribution is -0.130. The molecule has 134 valence electrons. The fourth-order valence-electron chi connectivity index (χ4n) is 3.50. The molecule has 0 bridgehead atoms. The van der Waals surface area contributed by atoms with E-state index in [0.717, 1.165) is 37.9 Å². The number of carbonyl (C=O) groups excluding carboxylic acids is 1. The largest absolute Gasteiger partial charge is 0.359 e. The van der Waals surface area contributed by atoms with Crippen LogP contribution in [0.25, 0.3) is 11.2 Å². The van der Waals surface area contributed by atoms with Crippen molar-refractivity contribution in [3.63, 3.8) is 0 Å². The third kappa shape index (κ3) is 3.66. The van der Waals surface area contributed by atoms with Crippen molar-refractivity contribution in [2.75, 3.05) is 25.0 Å². The Morgan fingerprint density at radius 1 is 1.15 bits per heavy atom. The highest BCUT2D eigenvalue weighted by Crippen LogP contribution is 2.22. The van der Waals surface area contributed by atoms with Crippen LogP contribution < -0.4 is 5.32 Å². The number of carbonyl (C=O) groups is 1. The van der Waals surface area contributed by atoms with Crippen molar-refractivity contribution in [1.29, 1.82) is 0 Å². The third-order valence-corrected chi connectivity index (χ3v) is 4.96. The lowest BCUT2D eigenvalue weighted by Gasteiger charge is -2.32. The van der Waals surface area contributed by atoms with Crippen LogP contribution in [0.15, 0.2) is 43.0 Å². The molecule has 4 rings (SSSR count). The highest BCUT2D eigenvalue weighted by atomic mass is 16.2. The van der Waals surface area contributed by atoms with Crippen LogP contribution in [-0.2, 0) is 11.2 Å². The van der Waals surface area contributed by atoms with E-state index in [4.69, 9.17) is 0 Å². The average Bonchev–Trinajstić information content (AvgIpc) is 3.17. The topological polar surface area (TPSA) is 86.8 Å². The number of nitrogens with zero attached hydrogens (tertiary/aromatic N) is 4. The number of piperidine rings is 1. The zero-order valence-electron chi connectivity index (χ0n) is 14.6. The van der Waals surface area contributed by atoms with E-state index >= 15 is 0 Å². The first-order chi connectivity index (χ1) is 12.8. The van der Waals surface area contributed by atoms with Gasteiger partial charge in [0.1, 0.15) is 11.8 Å². The van der Waals surface area contributed by atoms with Gasteiger partial charge in [0.05, 0.1) is 12.9 Å². The molecule has 0 radical (unpaired) electrons. The molecule has 1 aliphatic heterocycles. The van der Waals surface area contributed by atoms with Gasteiger partial charge in [-0.05, 0) is 30.7 Å². The Hall–Kier alpha value is -2.96. The molecular weight excluding hydrogens is 328 g/mol. The van der Waals surface area contributed by atoms with Crippen LogP contribution in [0.5, 0.6) is 0 Å². The maximum Gasteiger partial charge on any atom is 0.241 e. The summed E-state index contributed by atoms with van der Waals surface area (Å²) in [7, 11) is 0. The van der Waals surface area contributed by atoms with Crippen LogP contribution >= 0.6 is 0 Å². The predicted molar refractivity (Wildman–Crippen MR) is 99.6 cm³/mol. The quantitative estimate of drug-likeness (QED) is 0.737. The number of hydrogen-bond donors (Lipinski definition) is 2. The molecule has 0 atom stereocenters. The van der Waals surface area contributed by atoms with Gasteiger partial charge in [-0.1, -0.05) is 30.3 Å². The Morgan fingerprint density at radius 2 is 1.96 bits per heavy atom. The Kier molecular flexibility index (Phi) is 4.77. The number of anilines is 1. The van der Waals surface area contributed by atoms with Gasteiger partial charge in [0.2, 0.25) is 5.91 Å².